The fourth-order valence-corrected chi connectivity index (χ4v) is 3.62. The number of hydrogen-bond acceptors (Lipinski definition) is 3. The molecule has 1 amide bonds. The van der Waals surface area contributed by atoms with Crippen molar-refractivity contribution in [3.8, 4) is 0 Å². The zero-order chi connectivity index (χ0) is 19.2. The number of nitrogens with one attached hydrogen (secondary N) is 1. The molecule has 0 aliphatic heterocycles. The van der Waals surface area contributed by atoms with Crippen molar-refractivity contribution in [2.45, 2.75) is 57.7 Å². The van der Waals surface area contributed by atoms with Gasteiger partial charge in [-0.15, -0.1) is 0 Å². The second-order valence-corrected chi connectivity index (χ2v) is 7.24. The van der Waals surface area contributed by atoms with Gasteiger partial charge in [-0.25, -0.2) is 0 Å². The normalized spacial score (nSPS) is 25.5. The molecule has 2 aliphatic carbocycles. The third kappa shape index (κ3) is 6.04. The minimum Gasteiger partial charge on any atom is -0.497 e. The van der Waals surface area contributed by atoms with Crippen LogP contribution in [0, 0.1) is 17.8 Å². The molecule has 2 aliphatic rings. The Morgan fingerprint density at radius 3 is 2.69 bits per heavy atom. The van der Waals surface area contributed by atoms with Crippen LogP contribution in [0.1, 0.15) is 45.4 Å². The molecule has 1 saturated carbocycles. The van der Waals surface area contributed by atoms with Crippen molar-refractivity contribution >= 4 is 5.91 Å². The summed E-state index contributed by atoms with van der Waals surface area (Å²) in [4.78, 5) is 10.8. The minimum absolute atomic E-state index is 0.0527. The van der Waals surface area contributed by atoms with E-state index < -0.39 is 18.2 Å². The van der Waals surface area contributed by atoms with Gasteiger partial charge in [-0.05, 0) is 31.3 Å². The molecule has 7 heteroatoms. The number of allylic oxidation sites excluding steroid dienone is 3. The monoisotopic (exact) mass is 375 g/mol. The number of carbonyl (C=O) groups excluding carboxylic acids is 1. The highest BCUT2D eigenvalue weighted by Crippen LogP contribution is 2.32. The molecular weight excluding hydrogens is 347 g/mol. The Morgan fingerprint density at radius 2 is 2.04 bits per heavy atom. The molecule has 0 bridgehead atoms. The largest absolute Gasteiger partial charge is 0.497 e. The van der Waals surface area contributed by atoms with Crippen molar-refractivity contribution < 1.29 is 27.8 Å². The van der Waals surface area contributed by atoms with Crippen molar-refractivity contribution in [1.29, 1.82) is 0 Å². The molecule has 2 rings (SSSR count). The average Bonchev–Trinajstić information content (AvgIpc) is 2.60. The van der Waals surface area contributed by atoms with Crippen LogP contribution in [0.5, 0.6) is 0 Å². The highest BCUT2D eigenvalue weighted by atomic mass is 19.4. The lowest BCUT2D eigenvalue weighted by atomic mass is 9.83. The Balaban J connectivity index is 1.78. The fraction of sp³-hybridized carbons (Fsp3) is 0.737. The van der Waals surface area contributed by atoms with Crippen molar-refractivity contribution in [2.24, 2.45) is 17.8 Å². The molecule has 0 aromatic heterocycles. The van der Waals surface area contributed by atoms with E-state index in [1.54, 1.807) is 5.32 Å². The van der Waals surface area contributed by atoms with Gasteiger partial charge in [-0.2, -0.15) is 13.2 Å². The second kappa shape index (κ2) is 9.44. The summed E-state index contributed by atoms with van der Waals surface area (Å²) in [6, 6.07) is 0. The SMILES string of the molecule is CC1C(OCC2CCCCC2)=CC=CC1[C@H](O)CCNC(=O)C(F)(F)F. The smallest absolute Gasteiger partial charge is 0.471 e. The van der Waals surface area contributed by atoms with Gasteiger partial charge in [0.05, 0.1) is 18.5 Å². The number of carbonyl (C=O) groups is 1. The predicted molar refractivity (Wildman–Crippen MR) is 92.1 cm³/mol. The first-order valence-corrected chi connectivity index (χ1v) is 9.33. The molecular formula is C19H28F3NO3. The van der Waals surface area contributed by atoms with Crippen LogP contribution < -0.4 is 5.32 Å². The maximum absolute atomic E-state index is 12.2. The van der Waals surface area contributed by atoms with Gasteiger partial charge in [0, 0.05) is 18.4 Å². The second-order valence-electron chi connectivity index (χ2n) is 7.24. The van der Waals surface area contributed by atoms with E-state index in [4.69, 9.17) is 4.74 Å². The third-order valence-electron chi connectivity index (χ3n) is 5.26. The quantitative estimate of drug-likeness (QED) is 0.713. The number of aliphatic hydroxyl groups is 1. The van der Waals surface area contributed by atoms with Gasteiger partial charge in [0.15, 0.2) is 0 Å². The number of alkyl halides is 3. The number of ether oxygens (including phenoxy) is 1. The van der Waals surface area contributed by atoms with E-state index in [9.17, 15) is 23.1 Å². The molecule has 2 unspecified atom stereocenters. The number of aliphatic hydroxyl groups excluding tert-OH is 1. The number of hydrogen-bond donors (Lipinski definition) is 2. The summed E-state index contributed by atoms with van der Waals surface area (Å²) in [6.45, 7) is 2.39. The predicted octanol–water partition coefficient (Wildman–Crippen LogP) is 3.72. The van der Waals surface area contributed by atoms with Crippen LogP contribution in [0.2, 0.25) is 0 Å². The van der Waals surface area contributed by atoms with E-state index in [-0.39, 0.29) is 24.8 Å². The minimum atomic E-state index is -4.90. The number of halogens is 3. The molecule has 1 fully saturated rings. The first kappa shape index (κ1) is 20.8. The van der Waals surface area contributed by atoms with Crippen LogP contribution in [0.25, 0.3) is 0 Å². The van der Waals surface area contributed by atoms with E-state index in [1.165, 1.54) is 32.1 Å². The summed E-state index contributed by atoms with van der Waals surface area (Å²) >= 11 is 0. The van der Waals surface area contributed by atoms with Crippen LogP contribution in [0.3, 0.4) is 0 Å². The topological polar surface area (TPSA) is 58.6 Å². The summed E-state index contributed by atoms with van der Waals surface area (Å²) in [6.07, 6.45) is 6.00. The zero-order valence-corrected chi connectivity index (χ0v) is 15.1. The van der Waals surface area contributed by atoms with Gasteiger partial charge in [0.25, 0.3) is 0 Å². The standard InChI is InChI=1S/C19H28F3NO3/c1-13-15(16(24)10-11-23-18(25)19(20,21)22)8-5-9-17(13)26-12-14-6-3-2-4-7-14/h5,8-9,13-16,24H,2-4,6-7,10-12H2,1H3,(H,23,25)/t13?,15?,16-/m1/s1. The lowest BCUT2D eigenvalue weighted by Crippen LogP contribution is -2.39. The zero-order valence-electron chi connectivity index (χ0n) is 15.1. The number of amides is 1. The molecule has 0 saturated heterocycles. The summed E-state index contributed by atoms with van der Waals surface area (Å²) in [5, 5.41) is 12.1. The molecule has 0 heterocycles. The maximum atomic E-state index is 12.2. The lowest BCUT2D eigenvalue weighted by Gasteiger charge is -2.31. The molecule has 4 nitrogen and oxygen atoms in total. The fourth-order valence-electron chi connectivity index (χ4n) is 3.62. The summed E-state index contributed by atoms with van der Waals surface area (Å²) in [7, 11) is 0. The summed E-state index contributed by atoms with van der Waals surface area (Å²) in [5.41, 5.74) is 0. The van der Waals surface area contributed by atoms with Crippen LogP contribution in [0.4, 0.5) is 13.2 Å². The molecule has 2 N–H and O–H groups in total. The van der Waals surface area contributed by atoms with E-state index in [0.717, 1.165) is 5.76 Å². The van der Waals surface area contributed by atoms with Crippen molar-refractivity contribution in [2.75, 3.05) is 13.2 Å². The lowest BCUT2D eigenvalue weighted by molar-refractivity contribution is -0.173. The van der Waals surface area contributed by atoms with Gasteiger partial charge in [-0.3, -0.25) is 4.79 Å². The van der Waals surface area contributed by atoms with E-state index in [0.29, 0.717) is 12.5 Å². The van der Waals surface area contributed by atoms with Crippen LogP contribution in [0.15, 0.2) is 24.0 Å². The van der Waals surface area contributed by atoms with Crippen LogP contribution in [-0.4, -0.2) is 36.4 Å². The van der Waals surface area contributed by atoms with E-state index in [1.807, 2.05) is 25.2 Å². The molecule has 0 spiro atoms. The average molecular weight is 375 g/mol. The van der Waals surface area contributed by atoms with Crippen LogP contribution >= 0.6 is 0 Å². The Bertz CT molecular complexity index is 525. The molecule has 148 valence electrons. The van der Waals surface area contributed by atoms with Gasteiger partial charge in [0.1, 0.15) is 0 Å². The molecule has 0 aromatic rings. The van der Waals surface area contributed by atoms with Crippen molar-refractivity contribution in [1.82, 2.24) is 5.32 Å². The van der Waals surface area contributed by atoms with Gasteiger partial charge >= 0.3 is 12.1 Å². The van der Waals surface area contributed by atoms with Gasteiger partial charge in [-0.1, -0.05) is 38.3 Å². The highest BCUT2D eigenvalue weighted by Gasteiger charge is 2.38. The van der Waals surface area contributed by atoms with Crippen molar-refractivity contribution in [3.63, 3.8) is 0 Å². The first-order valence-electron chi connectivity index (χ1n) is 9.33. The van der Waals surface area contributed by atoms with Gasteiger partial charge in [0.2, 0.25) is 0 Å². The molecule has 0 aromatic carbocycles. The first-order chi connectivity index (χ1) is 12.3. The summed E-state index contributed by atoms with van der Waals surface area (Å²) < 4.78 is 42.5. The Kier molecular flexibility index (Phi) is 7.55. The number of rotatable bonds is 7. The summed E-state index contributed by atoms with van der Waals surface area (Å²) in [5.74, 6) is -0.903. The Morgan fingerprint density at radius 1 is 1.35 bits per heavy atom. The maximum Gasteiger partial charge on any atom is 0.471 e. The van der Waals surface area contributed by atoms with E-state index >= 15 is 0 Å². The molecule has 0 radical (unpaired) electrons. The van der Waals surface area contributed by atoms with Crippen molar-refractivity contribution in [3.05, 3.63) is 24.0 Å². The molecule has 3 atom stereocenters. The molecule has 26 heavy (non-hydrogen) atoms. The van der Waals surface area contributed by atoms with Crippen LogP contribution in [-0.2, 0) is 9.53 Å². The third-order valence-corrected chi connectivity index (χ3v) is 5.26. The Hall–Kier alpha value is -1.50. The van der Waals surface area contributed by atoms with E-state index in [2.05, 4.69) is 0 Å². The highest BCUT2D eigenvalue weighted by molar-refractivity contribution is 5.81. The Labute approximate surface area is 152 Å². The van der Waals surface area contributed by atoms with Gasteiger partial charge < -0.3 is 15.2 Å².